The fraction of sp³-hybridized carbons (Fsp3) is 0.444. The number of ether oxygens (including phenoxy) is 4. The number of hydrogen-bond acceptors (Lipinski definition) is 16. The molecule has 0 saturated carbocycles. The number of benzene rings is 2. The predicted octanol–water partition coefficient (Wildman–Crippen LogP) is -1.69. The topological polar surface area (TPSA) is 269 Å². The van der Waals surface area contributed by atoms with Gasteiger partial charge in [0.05, 0.1) is 12.7 Å². The summed E-state index contributed by atoms with van der Waals surface area (Å²) >= 11 is 0. The minimum atomic E-state index is -1.97. The van der Waals surface area contributed by atoms with Crippen LogP contribution in [0.4, 0.5) is 0 Å². The van der Waals surface area contributed by atoms with Crippen LogP contribution in [-0.2, 0) is 14.2 Å². The Balaban J connectivity index is 1.48. The van der Waals surface area contributed by atoms with Gasteiger partial charge in [-0.3, -0.25) is 4.79 Å². The van der Waals surface area contributed by atoms with E-state index in [9.17, 15) is 55.9 Å². The number of aliphatic hydroxyl groups is 6. The van der Waals surface area contributed by atoms with Crippen molar-refractivity contribution in [3.63, 3.8) is 0 Å². The first-order valence-electron chi connectivity index (χ1n) is 13.0. The van der Waals surface area contributed by atoms with Crippen molar-refractivity contribution in [1.29, 1.82) is 0 Å². The molecule has 2 aliphatic rings. The van der Waals surface area contributed by atoms with Gasteiger partial charge < -0.3 is 74.4 Å². The Morgan fingerprint density at radius 3 is 2.12 bits per heavy atom. The van der Waals surface area contributed by atoms with Gasteiger partial charge in [-0.2, -0.15) is 0 Å². The molecule has 2 aromatic carbocycles. The van der Waals surface area contributed by atoms with Crippen molar-refractivity contribution < 1.29 is 74.4 Å². The van der Waals surface area contributed by atoms with Crippen LogP contribution in [0.15, 0.2) is 39.5 Å². The van der Waals surface area contributed by atoms with Crippen LogP contribution in [0, 0.1) is 0 Å². The number of hydrogen-bond donors (Lipinski definition) is 10. The molecule has 5 rings (SSSR count). The maximum Gasteiger partial charge on any atom is 0.239 e. The quantitative estimate of drug-likeness (QED) is 0.140. The van der Waals surface area contributed by atoms with E-state index in [1.807, 2.05) is 0 Å². The van der Waals surface area contributed by atoms with E-state index in [0.29, 0.717) is 0 Å². The van der Waals surface area contributed by atoms with Crippen LogP contribution in [0.2, 0.25) is 0 Å². The summed E-state index contributed by atoms with van der Waals surface area (Å²) in [5.74, 6) is -3.33. The van der Waals surface area contributed by atoms with Gasteiger partial charge in [0.15, 0.2) is 23.5 Å². The minimum Gasteiger partial charge on any atom is -0.508 e. The van der Waals surface area contributed by atoms with E-state index in [4.69, 9.17) is 23.4 Å². The first-order valence-corrected chi connectivity index (χ1v) is 13.0. The van der Waals surface area contributed by atoms with Gasteiger partial charge in [0.2, 0.25) is 17.5 Å². The Morgan fingerprint density at radius 2 is 1.42 bits per heavy atom. The number of fused-ring (bicyclic) bond motifs is 1. The Morgan fingerprint density at radius 1 is 0.744 bits per heavy atom. The zero-order valence-electron chi connectivity index (χ0n) is 22.3. The molecule has 16 heteroatoms. The average molecular weight is 611 g/mol. The monoisotopic (exact) mass is 610 g/mol. The van der Waals surface area contributed by atoms with Crippen molar-refractivity contribution in [2.45, 2.75) is 68.3 Å². The smallest absolute Gasteiger partial charge is 0.239 e. The molecule has 2 saturated heterocycles. The van der Waals surface area contributed by atoms with Crippen molar-refractivity contribution in [2.24, 2.45) is 0 Å². The van der Waals surface area contributed by atoms with E-state index in [-0.39, 0.29) is 11.1 Å². The van der Waals surface area contributed by atoms with Crippen LogP contribution in [0.5, 0.6) is 28.7 Å². The Bertz CT molecular complexity index is 1540. The lowest BCUT2D eigenvalue weighted by Crippen LogP contribution is -2.61. The number of aromatic hydroxyl groups is 4. The van der Waals surface area contributed by atoms with Crippen LogP contribution < -0.4 is 10.2 Å². The average Bonchev–Trinajstić information content (AvgIpc) is 2.96. The molecule has 0 unspecified atom stereocenters. The molecule has 43 heavy (non-hydrogen) atoms. The van der Waals surface area contributed by atoms with Gasteiger partial charge in [-0.05, 0) is 25.1 Å². The Labute approximate surface area is 241 Å². The summed E-state index contributed by atoms with van der Waals surface area (Å²) in [4.78, 5) is 13.6. The second-order valence-corrected chi connectivity index (χ2v) is 10.3. The summed E-state index contributed by atoms with van der Waals surface area (Å²) in [5, 5.41) is 101. The van der Waals surface area contributed by atoms with Gasteiger partial charge in [0, 0.05) is 17.7 Å². The van der Waals surface area contributed by atoms with Crippen LogP contribution >= 0.6 is 0 Å². The molecule has 0 amide bonds. The second kappa shape index (κ2) is 11.8. The molecule has 234 valence electrons. The highest BCUT2D eigenvalue weighted by molar-refractivity contribution is 5.88. The fourth-order valence-corrected chi connectivity index (χ4v) is 4.84. The molecule has 2 fully saturated rings. The summed E-state index contributed by atoms with van der Waals surface area (Å²) in [5.41, 5.74) is -1.35. The van der Waals surface area contributed by atoms with E-state index in [2.05, 4.69) is 0 Å². The third kappa shape index (κ3) is 5.67. The zero-order valence-corrected chi connectivity index (χ0v) is 22.3. The first kappa shape index (κ1) is 30.7. The van der Waals surface area contributed by atoms with Gasteiger partial charge in [0.1, 0.15) is 65.2 Å². The number of phenolic OH excluding ortho intramolecular Hbond substituents is 4. The van der Waals surface area contributed by atoms with Gasteiger partial charge >= 0.3 is 0 Å². The number of phenols is 4. The van der Waals surface area contributed by atoms with Crippen LogP contribution in [-0.4, -0.2) is 119 Å². The van der Waals surface area contributed by atoms with Gasteiger partial charge in [-0.25, -0.2) is 0 Å². The van der Waals surface area contributed by atoms with E-state index in [0.717, 1.165) is 24.3 Å². The van der Waals surface area contributed by atoms with Gasteiger partial charge in [-0.15, -0.1) is 0 Å². The zero-order chi connectivity index (χ0) is 31.3. The third-order valence-electron chi connectivity index (χ3n) is 7.29. The molecule has 0 bridgehead atoms. The van der Waals surface area contributed by atoms with Crippen molar-refractivity contribution >= 4 is 11.0 Å². The Hall–Kier alpha value is -3.71. The summed E-state index contributed by atoms with van der Waals surface area (Å²) in [7, 11) is 0. The standard InChI is InChI=1S/C27H30O16/c1-8-17(32)20(35)22(37)26(40-8)39-7-15-18(33)21(36)23(38)27(42-15)43-25-19(34)16-13(31)5-10(28)6-14(16)41-24(25)9-2-3-11(29)12(30)4-9/h2-6,8,15,17-18,20-23,26-33,35-38H,7H2,1H3/t8-,15-,17+,18-,20-,21-,22+,23+,26-,27+/m1/s1. The molecule has 10 atom stereocenters. The highest BCUT2D eigenvalue weighted by Crippen LogP contribution is 2.39. The highest BCUT2D eigenvalue weighted by atomic mass is 16.7. The van der Waals surface area contributed by atoms with E-state index in [1.54, 1.807) is 0 Å². The first-order chi connectivity index (χ1) is 20.3. The summed E-state index contributed by atoms with van der Waals surface area (Å²) < 4.78 is 27.8. The predicted molar refractivity (Wildman–Crippen MR) is 140 cm³/mol. The largest absolute Gasteiger partial charge is 0.508 e. The lowest BCUT2D eigenvalue weighted by Gasteiger charge is -2.42. The molecule has 2 aliphatic heterocycles. The molecule has 16 nitrogen and oxygen atoms in total. The number of aliphatic hydroxyl groups excluding tert-OH is 6. The normalized spacial score (nSPS) is 33.0. The molecule has 3 heterocycles. The molecular weight excluding hydrogens is 580 g/mol. The third-order valence-corrected chi connectivity index (χ3v) is 7.29. The second-order valence-electron chi connectivity index (χ2n) is 10.3. The molecule has 3 aromatic rings. The summed E-state index contributed by atoms with van der Waals surface area (Å²) in [6.45, 7) is 0.818. The lowest BCUT2D eigenvalue weighted by atomic mass is 9.98. The van der Waals surface area contributed by atoms with Crippen molar-refractivity contribution in [3.05, 3.63) is 40.6 Å². The van der Waals surface area contributed by atoms with Crippen molar-refractivity contribution in [1.82, 2.24) is 0 Å². The summed E-state index contributed by atoms with van der Waals surface area (Å²) in [6.07, 6.45) is -16.2. The van der Waals surface area contributed by atoms with E-state index >= 15 is 0 Å². The lowest BCUT2D eigenvalue weighted by molar-refractivity contribution is -0.318. The maximum atomic E-state index is 13.6. The van der Waals surface area contributed by atoms with Crippen LogP contribution in [0.3, 0.4) is 0 Å². The van der Waals surface area contributed by atoms with E-state index < -0.39 is 113 Å². The van der Waals surface area contributed by atoms with Crippen LogP contribution in [0.1, 0.15) is 6.92 Å². The van der Waals surface area contributed by atoms with Crippen LogP contribution in [0.25, 0.3) is 22.3 Å². The molecule has 1 aromatic heterocycles. The van der Waals surface area contributed by atoms with Gasteiger partial charge in [0.25, 0.3) is 0 Å². The van der Waals surface area contributed by atoms with Crippen molar-refractivity contribution in [3.8, 4) is 40.1 Å². The molecular formula is C27H30O16. The fourth-order valence-electron chi connectivity index (χ4n) is 4.84. The molecule has 0 aliphatic carbocycles. The van der Waals surface area contributed by atoms with E-state index in [1.165, 1.54) is 13.0 Å². The van der Waals surface area contributed by atoms with Crippen molar-refractivity contribution in [2.75, 3.05) is 6.61 Å². The molecule has 0 spiro atoms. The minimum absolute atomic E-state index is 0.0313. The number of rotatable bonds is 6. The highest BCUT2D eigenvalue weighted by Gasteiger charge is 2.47. The Kier molecular flexibility index (Phi) is 8.41. The molecule has 0 radical (unpaired) electrons. The summed E-state index contributed by atoms with van der Waals surface area (Å²) in [6, 6.07) is 5.24. The van der Waals surface area contributed by atoms with Gasteiger partial charge in [-0.1, -0.05) is 0 Å². The molecule has 10 N–H and O–H groups in total. The SMILES string of the molecule is C[C@H]1O[C@@H](OC[C@H]2O[C@@H](Oc3c(-c4ccc(O)c(O)c4)oc4cc(O)cc(O)c4c3=O)[C@@H](O)[C@H](O)[C@@H]2O)[C@@H](O)[C@H](O)[C@H]1O. The maximum absolute atomic E-state index is 13.6.